The molecule has 1 fully saturated rings. The van der Waals surface area contributed by atoms with E-state index >= 15 is 0 Å². The van der Waals surface area contributed by atoms with Crippen LogP contribution in [0.25, 0.3) is 0 Å². The van der Waals surface area contributed by atoms with E-state index in [4.69, 9.17) is 0 Å². The van der Waals surface area contributed by atoms with Crippen molar-refractivity contribution in [2.24, 2.45) is 5.92 Å². The summed E-state index contributed by atoms with van der Waals surface area (Å²) in [5.74, 6) is -1.85. The molecule has 1 aromatic rings. The maximum absolute atomic E-state index is 12.1. The standard InChI is InChI=1S/C13H14N2O4/c1-19-13(18)10-7-11(16)15(14-8-10)12(17)9-5-3-2-4-6-9/h2-6,10,14H,7-8H2,1H3. The van der Waals surface area contributed by atoms with E-state index in [-0.39, 0.29) is 13.0 Å². The largest absolute Gasteiger partial charge is 0.469 e. The van der Waals surface area contributed by atoms with Crippen molar-refractivity contribution in [3.8, 4) is 0 Å². The molecule has 1 saturated heterocycles. The summed E-state index contributed by atoms with van der Waals surface area (Å²) in [6.45, 7) is 0.205. The quantitative estimate of drug-likeness (QED) is 0.615. The molecule has 6 heteroatoms. The molecule has 0 bridgehead atoms. The van der Waals surface area contributed by atoms with Crippen LogP contribution < -0.4 is 5.43 Å². The molecule has 6 nitrogen and oxygen atoms in total. The number of hydrazine groups is 1. The Labute approximate surface area is 110 Å². The topological polar surface area (TPSA) is 75.7 Å². The van der Waals surface area contributed by atoms with Crippen LogP contribution in [0.1, 0.15) is 16.8 Å². The third kappa shape index (κ3) is 2.79. The van der Waals surface area contributed by atoms with Crippen LogP contribution in [-0.4, -0.2) is 36.4 Å². The molecule has 1 aliphatic heterocycles. The highest BCUT2D eigenvalue weighted by Gasteiger charge is 2.34. The average molecular weight is 262 g/mol. The molecule has 100 valence electrons. The van der Waals surface area contributed by atoms with E-state index in [2.05, 4.69) is 10.2 Å². The molecule has 19 heavy (non-hydrogen) atoms. The summed E-state index contributed by atoms with van der Waals surface area (Å²) in [4.78, 5) is 35.3. The highest BCUT2D eigenvalue weighted by atomic mass is 16.5. The molecular weight excluding hydrogens is 248 g/mol. The molecule has 1 atom stereocenters. The van der Waals surface area contributed by atoms with Gasteiger partial charge in [-0.25, -0.2) is 10.4 Å². The molecule has 1 unspecified atom stereocenters. The van der Waals surface area contributed by atoms with Crippen LogP contribution in [0.15, 0.2) is 30.3 Å². The Balaban J connectivity index is 2.06. The van der Waals surface area contributed by atoms with Crippen molar-refractivity contribution < 1.29 is 19.1 Å². The minimum absolute atomic E-state index is 0.0295. The van der Waals surface area contributed by atoms with E-state index in [0.717, 1.165) is 5.01 Å². The van der Waals surface area contributed by atoms with Crippen molar-refractivity contribution in [1.29, 1.82) is 0 Å². The first-order chi connectivity index (χ1) is 9.13. The zero-order chi connectivity index (χ0) is 13.8. The number of imide groups is 1. The highest BCUT2D eigenvalue weighted by molar-refractivity contribution is 6.05. The summed E-state index contributed by atoms with van der Waals surface area (Å²) in [7, 11) is 1.27. The van der Waals surface area contributed by atoms with Crippen LogP contribution in [0.5, 0.6) is 0 Å². The van der Waals surface area contributed by atoms with Gasteiger partial charge in [-0.2, -0.15) is 0 Å². The van der Waals surface area contributed by atoms with Crippen molar-refractivity contribution in [1.82, 2.24) is 10.4 Å². The van der Waals surface area contributed by atoms with Gasteiger partial charge < -0.3 is 4.74 Å². The Morgan fingerprint density at radius 2 is 2.00 bits per heavy atom. The van der Waals surface area contributed by atoms with Crippen molar-refractivity contribution in [3.05, 3.63) is 35.9 Å². The first-order valence-electron chi connectivity index (χ1n) is 5.87. The molecule has 1 aliphatic rings. The number of benzene rings is 1. The fraction of sp³-hybridized carbons (Fsp3) is 0.308. The summed E-state index contributed by atoms with van der Waals surface area (Å²) in [5, 5.41) is 0.953. The lowest BCUT2D eigenvalue weighted by atomic mass is 10.0. The Bertz CT molecular complexity index is 501. The Morgan fingerprint density at radius 3 is 2.58 bits per heavy atom. The van der Waals surface area contributed by atoms with Crippen LogP contribution in [0.4, 0.5) is 0 Å². The monoisotopic (exact) mass is 262 g/mol. The van der Waals surface area contributed by atoms with Gasteiger partial charge in [0.15, 0.2) is 0 Å². The van der Waals surface area contributed by atoms with Crippen molar-refractivity contribution >= 4 is 17.8 Å². The molecule has 0 aromatic heterocycles. The van der Waals surface area contributed by atoms with E-state index in [1.54, 1.807) is 30.3 Å². The lowest BCUT2D eigenvalue weighted by Crippen LogP contribution is -2.54. The average Bonchev–Trinajstić information content (AvgIpc) is 2.46. The number of esters is 1. The maximum Gasteiger partial charge on any atom is 0.310 e. The zero-order valence-corrected chi connectivity index (χ0v) is 10.5. The molecule has 0 saturated carbocycles. The van der Waals surface area contributed by atoms with Crippen LogP contribution in [0, 0.1) is 5.92 Å². The fourth-order valence-electron chi connectivity index (χ4n) is 1.89. The maximum atomic E-state index is 12.1. The molecule has 2 rings (SSSR count). The highest BCUT2D eigenvalue weighted by Crippen LogP contribution is 2.14. The van der Waals surface area contributed by atoms with E-state index < -0.39 is 23.7 Å². The van der Waals surface area contributed by atoms with Gasteiger partial charge in [0.1, 0.15) is 0 Å². The molecule has 0 radical (unpaired) electrons. The van der Waals surface area contributed by atoms with Gasteiger partial charge >= 0.3 is 5.97 Å². The molecular formula is C13H14N2O4. The Morgan fingerprint density at radius 1 is 1.32 bits per heavy atom. The predicted octanol–water partition coefficient (Wildman–Crippen LogP) is 0.353. The van der Waals surface area contributed by atoms with E-state index in [1.165, 1.54) is 7.11 Å². The van der Waals surface area contributed by atoms with Crippen molar-refractivity contribution in [2.75, 3.05) is 13.7 Å². The first-order valence-corrected chi connectivity index (χ1v) is 5.87. The predicted molar refractivity (Wildman–Crippen MR) is 65.7 cm³/mol. The number of ether oxygens (including phenoxy) is 1. The number of carbonyl (C=O) groups is 3. The molecule has 0 aliphatic carbocycles. The second-order valence-electron chi connectivity index (χ2n) is 4.19. The van der Waals surface area contributed by atoms with Gasteiger partial charge in [0.05, 0.1) is 13.0 Å². The number of amides is 2. The normalized spacial score (nSPS) is 19.1. The number of rotatable bonds is 2. The third-order valence-electron chi connectivity index (χ3n) is 2.92. The van der Waals surface area contributed by atoms with Crippen LogP contribution in [-0.2, 0) is 14.3 Å². The number of nitrogens with one attached hydrogen (secondary N) is 1. The molecule has 2 amide bonds. The minimum atomic E-state index is -0.544. The summed E-state index contributed by atoms with van der Waals surface area (Å²) < 4.78 is 4.58. The number of nitrogens with zero attached hydrogens (tertiary/aromatic N) is 1. The van der Waals surface area contributed by atoms with Crippen LogP contribution >= 0.6 is 0 Å². The third-order valence-corrected chi connectivity index (χ3v) is 2.92. The fourth-order valence-corrected chi connectivity index (χ4v) is 1.89. The van der Waals surface area contributed by atoms with Crippen molar-refractivity contribution in [2.45, 2.75) is 6.42 Å². The minimum Gasteiger partial charge on any atom is -0.469 e. The SMILES string of the molecule is COC(=O)C1CNN(C(=O)c2ccccc2)C(=O)C1. The van der Waals surface area contributed by atoms with E-state index in [1.807, 2.05) is 0 Å². The van der Waals surface area contributed by atoms with Gasteiger partial charge in [-0.15, -0.1) is 0 Å². The van der Waals surface area contributed by atoms with Gasteiger partial charge in [0.2, 0.25) is 5.91 Å². The summed E-state index contributed by atoms with van der Waals surface area (Å²) in [6.07, 6.45) is -0.0295. The second-order valence-corrected chi connectivity index (χ2v) is 4.19. The summed E-state index contributed by atoms with van der Waals surface area (Å²) in [5.41, 5.74) is 3.08. The van der Waals surface area contributed by atoms with Gasteiger partial charge in [-0.3, -0.25) is 14.4 Å². The summed E-state index contributed by atoms with van der Waals surface area (Å²) >= 11 is 0. The van der Waals surface area contributed by atoms with E-state index in [0.29, 0.717) is 5.56 Å². The molecule has 1 N–H and O–H groups in total. The lowest BCUT2D eigenvalue weighted by molar-refractivity contribution is -0.152. The first kappa shape index (κ1) is 13.2. The Hall–Kier alpha value is -2.21. The van der Waals surface area contributed by atoms with E-state index in [9.17, 15) is 14.4 Å². The van der Waals surface area contributed by atoms with Gasteiger partial charge in [-0.1, -0.05) is 18.2 Å². The number of hydrogen-bond donors (Lipinski definition) is 1. The zero-order valence-electron chi connectivity index (χ0n) is 10.5. The van der Waals surface area contributed by atoms with Crippen LogP contribution in [0.3, 0.4) is 0 Å². The van der Waals surface area contributed by atoms with Crippen LogP contribution in [0.2, 0.25) is 0 Å². The van der Waals surface area contributed by atoms with Gasteiger partial charge in [-0.05, 0) is 12.1 Å². The molecule has 1 heterocycles. The molecule has 1 aromatic carbocycles. The van der Waals surface area contributed by atoms with Crippen molar-refractivity contribution in [3.63, 3.8) is 0 Å². The van der Waals surface area contributed by atoms with Gasteiger partial charge in [0.25, 0.3) is 5.91 Å². The number of methoxy groups -OCH3 is 1. The lowest BCUT2D eigenvalue weighted by Gasteiger charge is -2.29. The number of hydrogen-bond acceptors (Lipinski definition) is 5. The van der Waals surface area contributed by atoms with Gasteiger partial charge in [0, 0.05) is 18.5 Å². The second kappa shape index (κ2) is 5.62. The smallest absolute Gasteiger partial charge is 0.310 e. The molecule has 0 spiro atoms. The number of carbonyl (C=O) groups excluding carboxylic acids is 3. The Kier molecular flexibility index (Phi) is 3.91. The summed E-state index contributed by atoms with van der Waals surface area (Å²) in [6, 6.07) is 8.49.